The van der Waals surface area contributed by atoms with Crippen LogP contribution in [0.1, 0.15) is 12.5 Å². The topological polar surface area (TPSA) is 9.23 Å². The van der Waals surface area contributed by atoms with Crippen molar-refractivity contribution < 1.29 is 17.9 Å². The average molecular weight is 345 g/mol. The highest BCUT2D eigenvalue weighted by atomic mass is 79.9. The highest BCUT2D eigenvalue weighted by Crippen LogP contribution is 2.36. The third-order valence-electron chi connectivity index (χ3n) is 2.75. The van der Waals surface area contributed by atoms with Crippen LogP contribution in [-0.4, -0.2) is 6.61 Å². The first-order valence-electron chi connectivity index (χ1n) is 6.02. The maximum atomic E-state index is 12.8. The molecule has 0 saturated carbocycles. The molecule has 0 amide bonds. The van der Waals surface area contributed by atoms with Gasteiger partial charge in [0, 0.05) is 4.47 Å². The number of rotatable bonds is 3. The van der Waals surface area contributed by atoms with E-state index in [2.05, 4.69) is 15.9 Å². The number of hydrogen-bond donors (Lipinski definition) is 0. The van der Waals surface area contributed by atoms with E-state index in [0.29, 0.717) is 28.0 Å². The summed E-state index contributed by atoms with van der Waals surface area (Å²) in [5, 5.41) is 0. The van der Waals surface area contributed by atoms with Crippen LogP contribution in [0.3, 0.4) is 0 Å². The van der Waals surface area contributed by atoms with Gasteiger partial charge in [-0.25, -0.2) is 0 Å². The third kappa shape index (κ3) is 3.33. The Hall–Kier alpha value is -1.49. The molecule has 0 heterocycles. The molecule has 0 fully saturated rings. The van der Waals surface area contributed by atoms with Gasteiger partial charge in [0.15, 0.2) is 0 Å². The number of hydrogen-bond acceptors (Lipinski definition) is 1. The van der Waals surface area contributed by atoms with E-state index in [-0.39, 0.29) is 0 Å². The highest BCUT2D eigenvalue weighted by molar-refractivity contribution is 9.10. The molecule has 0 bridgehead atoms. The van der Waals surface area contributed by atoms with E-state index in [9.17, 15) is 13.2 Å². The van der Waals surface area contributed by atoms with Gasteiger partial charge in [0.25, 0.3) is 0 Å². The minimum atomic E-state index is -4.35. The first-order valence-corrected chi connectivity index (χ1v) is 6.81. The first kappa shape index (κ1) is 14.9. The minimum Gasteiger partial charge on any atom is -0.494 e. The molecule has 1 nitrogen and oxygen atoms in total. The van der Waals surface area contributed by atoms with Gasteiger partial charge in [0.1, 0.15) is 5.75 Å². The van der Waals surface area contributed by atoms with Crippen LogP contribution < -0.4 is 4.74 Å². The molecule has 0 spiro atoms. The Kier molecular flexibility index (Phi) is 4.38. The fourth-order valence-corrected chi connectivity index (χ4v) is 2.32. The van der Waals surface area contributed by atoms with Crippen molar-refractivity contribution in [1.82, 2.24) is 0 Å². The molecule has 2 aromatic carbocycles. The van der Waals surface area contributed by atoms with Crippen LogP contribution in [0.15, 0.2) is 46.9 Å². The van der Waals surface area contributed by atoms with E-state index < -0.39 is 11.7 Å². The van der Waals surface area contributed by atoms with Crippen LogP contribution >= 0.6 is 15.9 Å². The maximum Gasteiger partial charge on any atom is 0.416 e. The number of benzene rings is 2. The van der Waals surface area contributed by atoms with Gasteiger partial charge < -0.3 is 4.74 Å². The second-order valence-electron chi connectivity index (χ2n) is 4.15. The van der Waals surface area contributed by atoms with Crippen molar-refractivity contribution in [2.24, 2.45) is 0 Å². The lowest BCUT2D eigenvalue weighted by atomic mass is 10.0. The second-order valence-corrected chi connectivity index (χ2v) is 5.01. The molecule has 0 aromatic heterocycles. The zero-order valence-electron chi connectivity index (χ0n) is 10.7. The predicted molar refractivity (Wildman–Crippen MR) is 75.7 cm³/mol. The van der Waals surface area contributed by atoms with E-state index >= 15 is 0 Å². The summed E-state index contributed by atoms with van der Waals surface area (Å²) in [6.07, 6.45) is -4.35. The van der Waals surface area contributed by atoms with Gasteiger partial charge in [0.2, 0.25) is 0 Å². The van der Waals surface area contributed by atoms with Gasteiger partial charge in [-0.2, -0.15) is 13.2 Å². The molecule has 0 aliphatic carbocycles. The van der Waals surface area contributed by atoms with Crippen LogP contribution in [0.25, 0.3) is 11.1 Å². The fourth-order valence-electron chi connectivity index (χ4n) is 1.84. The van der Waals surface area contributed by atoms with Crippen LogP contribution in [0.4, 0.5) is 13.2 Å². The van der Waals surface area contributed by atoms with E-state index in [1.54, 1.807) is 24.3 Å². The summed E-state index contributed by atoms with van der Waals surface area (Å²) in [6.45, 7) is 2.36. The van der Waals surface area contributed by atoms with Crippen molar-refractivity contribution in [3.63, 3.8) is 0 Å². The normalized spacial score (nSPS) is 11.4. The van der Waals surface area contributed by atoms with Gasteiger partial charge in [-0.05, 0) is 48.4 Å². The van der Waals surface area contributed by atoms with Crippen molar-refractivity contribution in [1.29, 1.82) is 0 Å². The molecule has 106 valence electrons. The standard InChI is InChI=1S/C15H12BrF3O/c1-2-20-12-5-3-4-10(8-12)13-9-11(15(17,18)19)6-7-14(13)16/h3-9H,2H2,1H3. The Labute approximate surface area is 123 Å². The molecule has 0 N–H and O–H groups in total. The summed E-state index contributed by atoms with van der Waals surface area (Å²) >= 11 is 3.29. The van der Waals surface area contributed by atoms with Gasteiger partial charge in [-0.15, -0.1) is 0 Å². The van der Waals surface area contributed by atoms with Gasteiger partial charge >= 0.3 is 6.18 Å². The molecule has 0 atom stereocenters. The minimum absolute atomic E-state index is 0.487. The largest absolute Gasteiger partial charge is 0.494 e. The average Bonchev–Trinajstić information content (AvgIpc) is 2.38. The molecule has 2 rings (SSSR count). The SMILES string of the molecule is CCOc1cccc(-c2cc(C(F)(F)F)ccc2Br)c1. The summed E-state index contributed by atoms with van der Waals surface area (Å²) in [7, 11) is 0. The van der Waals surface area contributed by atoms with Crippen molar-refractivity contribution in [3.05, 3.63) is 52.5 Å². The van der Waals surface area contributed by atoms with E-state index in [1.807, 2.05) is 6.92 Å². The molecule has 0 unspecified atom stereocenters. The second kappa shape index (κ2) is 5.87. The number of alkyl halides is 3. The Morgan fingerprint density at radius 2 is 1.85 bits per heavy atom. The molecule has 5 heteroatoms. The summed E-state index contributed by atoms with van der Waals surface area (Å²) in [6, 6.07) is 10.6. The zero-order chi connectivity index (χ0) is 14.8. The summed E-state index contributed by atoms with van der Waals surface area (Å²) in [5.41, 5.74) is 0.493. The maximum absolute atomic E-state index is 12.8. The molecule has 20 heavy (non-hydrogen) atoms. The Morgan fingerprint density at radius 1 is 1.10 bits per heavy atom. The lowest BCUT2D eigenvalue weighted by Gasteiger charge is -2.12. The van der Waals surface area contributed by atoms with Crippen molar-refractivity contribution >= 4 is 15.9 Å². The van der Waals surface area contributed by atoms with Gasteiger partial charge in [0.05, 0.1) is 12.2 Å². The van der Waals surface area contributed by atoms with E-state index in [4.69, 9.17) is 4.74 Å². The number of ether oxygens (including phenoxy) is 1. The molecule has 2 aromatic rings. The quantitative estimate of drug-likeness (QED) is 0.710. The van der Waals surface area contributed by atoms with Gasteiger partial charge in [-0.3, -0.25) is 0 Å². The smallest absolute Gasteiger partial charge is 0.416 e. The van der Waals surface area contributed by atoms with Gasteiger partial charge in [-0.1, -0.05) is 28.1 Å². The predicted octanol–water partition coefficient (Wildman–Crippen LogP) is 5.53. The molecule has 0 saturated heterocycles. The summed E-state index contributed by atoms with van der Waals surface area (Å²) < 4.78 is 44.3. The van der Waals surface area contributed by atoms with Crippen LogP contribution in [0.2, 0.25) is 0 Å². The molecule has 0 radical (unpaired) electrons. The molecular weight excluding hydrogens is 333 g/mol. The van der Waals surface area contributed by atoms with E-state index in [0.717, 1.165) is 12.1 Å². The Balaban J connectivity index is 2.49. The lowest BCUT2D eigenvalue weighted by Crippen LogP contribution is -2.04. The number of halogens is 4. The Morgan fingerprint density at radius 3 is 2.50 bits per heavy atom. The van der Waals surface area contributed by atoms with Crippen molar-refractivity contribution in [3.8, 4) is 16.9 Å². The summed E-state index contributed by atoms with van der Waals surface area (Å²) in [5.74, 6) is 0.634. The van der Waals surface area contributed by atoms with Crippen LogP contribution in [0.5, 0.6) is 5.75 Å². The molecular formula is C15H12BrF3O. The summed E-state index contributed by atoms with van der Waals surface area (Å²) in [4.78, 5) is 0. The Bertz CT molecular complexity index is 608. The molecule has 0 aliphatic rings. The first-order chi connectivity index (χ1) is 9.41. The van der Waals surface area contributed by atoms with Crippen molar-refractivity contribution in [2.45, 2.75) is 13.1 Å². The zero-order valence-corrected chi connectivity index (χ0v) is 12.3. The monoisotopic (exact) mass is 344 g/mol. The lowest BCUT2D eigenvalue weighted by molar-refractivity contribution is -0.137. The van der Waals surface area contributed by atoms with Crippen LogP contribution in [0, 0.1) is 0 Å². The fraction of sp³-hybridized carbons (Fsp3) is 0.200. The van der Waals surface area contributed by atoms with Crippen molar-refractivity contribution in [2.75, 3.05) is 6.61 Å². The third-order valence-corrected chi connectivity index (χ3v) is 3.44. The molecule has 0 aliphatic heterocycles. The van der Waals surface area contributed by atoms with E-state index in [1.165, 1.54) is 6.07 Å². The highest BCUT2D eigenvalue weighted by Gasteiger charge is 2.31. The van der Waals surface area contributed by atoms with Crippen LogP contribution in [-0.2, 0) is 6.18 Å².